The van der Waals surface area contributed by atoms with Crippen molar-refractivity contribution in [3.05, 3.63) is 0 Å². The molecular formula is C12H25N3O2. The first-order chi connectivity index (χ1) is 7.43. The Bertz CT molecular complexity index is 287. The van der Waals surface area contributed by atoms with E-state index in [9.17, 15) is 9.59 Å². The smallest absolute Gasteiger partial charge is 0.239 e. The molecule has 0 aromatic carbocycles. The number of nitrogens with one attached hydrogen (secondary N) is 2. The van der Waals surface area contributed by atoms with E-state index in [1.807, 2.05) is 41.5 Å². The van der Waals surface area contributed by atoms with Gasteiger partial charge in [-0.2, -0.15) is 0 Å². The minimum Gasteiger partial charge on any atom is -0.350 e. The summed E-state index contributed by atoms with van der Waals surface area (Å²) in [6.07, 6.45) is 0. The van der Waals surface area contributed by atoms with Crippen molar-refractivity contribution in [1.82, 2.24) is 10.6 Å². The van der Waals surface area contributed by atoms with Gasteiger partial charge in [0.15, 0.2) is 0 Å². The molecule has 0 saturated carbocycles. The van der Waals surface area contributed by atoms with Gasteiger partial charge in [-0.25, -0.2) is 0 Å². The lowest BCUT2D eigenvalue weighted by molar-refractivity contribution is -0.128. The molecule has 0 fully saturated rings. The average molecular weight is 243 g/mol. The van der Waals surface area contributed by atoms with Gasteiger partial charge in [0.2, 0.25) is 11.8 Å². The number of amides is 2. The molecule has 0 aromatic heterocycles. The van der Waals surface area contributed by atoms with E-state index in [0.29, 0.717) is 0 Å². The highest BCUT2D eigenvalue weighted by Crippen LogP contribution is 2.16. The van der Waals surface area contributed by atoms with Gasteiger partial charge >= 0.3 is 0 Å². The number of nitrogens with two attached hydrogens (primary N) is 1. The summed E-state index contributed by atoms with van der Waals surface area (Å²) in [6, 6.07) is -0.620. The highest BCUT2D eigenvalue weighted by Gasteiger charge is 2.27. The van der Waals surface area contributed by atoms with E-state index in [0.717, 1.165) is 0 Å². The second-order valence-corrected chi connectivity index (χ2v) is 6.36. The van der Waals surface area contributed by atoms with Crippen molar-refractivity contribution in [2.24, 2.45) is 11.1 Å². The van der Waals surface area contributed by atoms with Crippen LogP contribution in [0.15, 0.2) is 0 Å². The molecule has 100 valence electrons. The average Bonchev–Trinajstić information content (AvgIpc) is 2.08. The standard InChI is InChI=1S/C12H25N3O2/c1-11(2,3)9(13)10(17)14-7-8(16)15-12(4,5)6/h9H,7,13H2,1-6H3,(H,14,17)(H,15,16)/t9-/m1/s1. The Morgan fingerprint density at radius 1 is 1.12 bits per heavy atom. The van der Waals surface area contributed by atoms with Crippen molar-refractivity contribution in [3.63, 3.8) is 0 Å². The molecule has 0 aliphatic heterocycles. The molecule has 0 radical (unpaired) electrons. The molecule has 0 spiro atoms. The zero-order chi connectivity index (χ0) is 13.9. The topological polar surface area (TPSA) is 84.2 Å². The summed E-state index contributed by atoms with van der Waals surface area (Å²) in [6.45, 7) is 11.3. The molecule has 0 rings (SSSR count). The lowest BCUT2D eigenvalue weighted by Crippen LogP contribution is -2.52. The van der Waals surface area contributed by atoms with Crippen LogP contribution >= 0.6 is 0 Å². The van der Waals surface area contributed by atoms with Crippen molar-refractivity contribution in [3.8, 4) is 0 Å². The van der Waals surface area contributed by atoms with Crippen LogP contribution in [-0.2, 0) is 9.59 Å². The summed E-state index contributed by atoms with van der Waals surface area (Å²) in [5.74, 6) is -0.520. The molecule has 0 unspecified atom stereocenters. The molecule has 1 atom stereocenters. The highest BCUT2D eigenvalue weighted by molar-refractivity contribution is 5.87. The SMILES string of the molecule is CC(C)(C)NC(=O)CNC(=O)[C@@H](N)C(C)(C)C. The molecule has 2 amide bonds. The Morgan fingerprint density at radius 2 is 1.59 bits per heavy atom. The van der Waals surface area contributed by atoms with E-state index in [1.54, 1.807) is 0 Å². The van der Waals surface area contributed by atoms with Gasteiger partial charge in [0.1, 0.15) is 0 Å². The van der Waals surface area contributed by atoms with Crippen molar-refractivity contribution >= 4 is 11.8 Å². The summed E-state index contributed by atoms with van der Waals surface area (Å²) in [7, 11) is 0. The molecule has 17 heavy (non-hydrogen) atoms. The number of carbonyl (C=O) groups is 2. The second kappa shape index (κ2) is 5.49. The van der Waals surface area contributed by atoms with Crippen molar-refractivity contribution < 1.29 is 9.59 Å². The predicted octanol–water partition coefficient (Wildman–Crippen LogP) is 0.391. The van der Waals surface area contributed by atoms with E-state index in [-0.39, 0.29) is 29.3 Å². The Kier molecular flexibility index (Phi) is 5.13. The third-order valence-electron chi connectivity index (χ3n) is 2.15. The number of hydrogen-bond acceptors (Lipinski definition) is 3. The minimum absolute atomic E-state index is 0.0418. The number of hydrogen-bond donors (Lipinski definition) is 3. The molecular weight excluding hydrogens is 218 g/mol. The fourth-order valence-corrected chi connectivity index (χ4v) is 1.13. The van der Waals surface area contributed by atoms with Crippen LogP contribution < -0.4 is 16.4 Å². The maximum atomic E-state index is 11.6. The summed E-state index contributed by atoms with van der Waals surface area (Å²) >= 11 is 0. The first-order valence-corrected chi connectivity index (χ1v) is 5.78. The van der Waals surface area contributed by atoms with Crippen LogP contribution in [0.2, 0.25) is 0 Å². The zero-order valence-corrected chi connectivity index (χ0v) is 11.7. The maximum Gasteiger partial charge on any atom is 0.239 e. The predicted molar refractivity (Wildman–Crippen MR) is 68.3 cm³/mol. The van der Waals surface area contributed by atoms with Crippen molar-refractivity contribution in [1.29, 1.82) is 0 Å². The van der Waals surface area contributed by atoms with Gasteiger partial charge in [-0.1, -0.05) is 20.8 Å². The largest absolute Gasteiger partial charge is 0.350 e. The first kappa shape index (κ1) is 15.9. The van der Waals surface area contributed by atoms with Gasteiger partial charge in [0.05, 0.1) is 12.6 Å². The molecule has 5 heteroatoms. The highest BCUT2D eigenvalue weighted by atomic mass is 16.2. The Labute approximate surface area is 104 Å². The van der Waals surface area contributed by atoms with E-state index in [1.165, 1.54) is 0 Å². The van der Waals surface area contributed by atoms with Gasteiger partial charge in [-0.3, -0.25) is 9.59 Å². The van der Waals surface area contributed by atoms with Crippen LogP contribution in [0.3, 0.4) is 0 Å². The van der Waals surface area contributed by atoms with Crippen LogP contribution in [0.1, 0.15) is 41.5 Å². The van der Waals surface area contributed by atoms with Gasteiger partial charge < -0.3 is 16.4 Å². The Morgan fingerprint density at radius 3 is 1.94 bits per heavy atom. The van der Waals surface area contributed by atoms with E-state index < -0.39 is 6.04 Å². The Balaban J connectivity index is 4.14. The van der Waals surface area contributed by atoms with Gasteiger partial charge in [0.25, 0.3) is 0 Å². The fraction of sp³-hybridized carbons (Fsp3) is 0.833. The molecule has 0 saturated heterocycles. The second-order valence-electron chi connectivity index (χ2n) is 6.36. The van der Waals surface area contributed by atoms with Crippen LogP contribution in [0, 0.1) is 5.41 Å². The molecule has 4 N–H and O–H groups in total. The molecule has 5 nitrogen and oxygen atoms in total. The van der Waals surface area contributed by atoms with Crippen LogP contribution in [0.4, 0.5) is 0 Å². The minimum atomic E-state index is -0.620. The zero-order valence-electron chi connectivity index (χ0n) is 11.7. The molecule has 0 bridgehead atoms. The first-order valence-electron chi connectivity index (χ1n) is 5.78. The van der Waals surface area contributed by atoms with Crippen LogP contribution in [0.25, 0.3) is 0 Å². The van der Waals surface area contributed by atoms with Gasteiger partial charge in [0, 0.05) is 5.54 Å². The summed E-state index contributed by atoms with van der Waals surface area (Å²) in [4.78, 5) is 23.1. The number of carbonyl (C=O) groups excluding carboxylic acids is 2. The fourth-order valence-electron chi connectivity index (χ4n) is 1.13. The molecule has 0 aliphatic rings. The van der Waals surface area contributed by atoms with Gasteiger partial charge in [-0.15, -0.1) is 0 Å². The van der Waals surface area contributed by atoms with Crippen molar-refractivity contribution in [2.45, 2.75) is 53.1 Å². The molecule has 0 heterocycles. The van der Waals surface area contributed by atoms with E-state index in [2.05, 4.69) is 10.6 Å². The molecule has 0 aromatic rings. The summed E-state index contributed by atoms with van der Waals surface area (Å²) in [5, 5.41) is 5.29. The Hall–Kier alpha value is -1.10. The lowest BCUT2D eigenvalue weighted by atomic mass is 9.87. The summed E-state index contributed by atoms with van der Waals surface area (Å²) < 4.78 is 0. The maximum absolute atomic E-state index is 11.6. The third-order valence-corrected chi connectivity index (χ3v) is 2.15. The van der Waals surface area contributed by atoms with Crippen molar-refractivity contribution in [2.75, 3.05) is 6.54 Å². The van der Waals surface area contributed by atoms with E-state index >= 15 is 0 Å². The monoisotopic (exact) mass is 243 g/mol. The number of rotatable bonds is 3. The van der Waals surface area contributed by atoms with Crippen LogP contribution in [0.5, 0.6) is 0 Å². The van der Waals surface area contributed by atoms with E-state index in [4.69, 9.17) is 5.73 Å². The lowest BCUT2D eigenvalue weighted by Gasteiger charge is -2.26. The van der Waals surface area contributed by atoms with Gasteiger partial charge in [-0.05, 0) is 26.2 Å². The molecule has 0 aliphatic carbocycles. The van der Waals surface area contributed by atoms with Crippen LogP contribution in [-0.4, -0.2) is 29.9 Å². The normalized spacial score (nSPS) is 14.1. The quantitative estimate of drug-likeness (QED) is 0.670. The third kappa shape index (κ3) is 6.94. The summed E-state index contributed by atoms with van der Waals surface area (Å²) in [5.41, 5.74) is 5.15.